The lowest BCUT2D eigenvalue weighted by Crippen LogP contribution is -2.25. The summed E-state index contributed by atoms with van der Waals surface area (Å²) in [5.41, 5.74) is 2.41. The molecule has 0 aliphatic heterocycles. The van der Waals surface area contributed by atoms with E-state index in [1.165, 1.54) is 94.2 Å². The first-order valence-electron chi connectivity index (χ1n) is 16.3. The Hall–Kier alpha value is -1.84. The van der Waals surface area contributed by atoms with Gasteiger partial charge < -0.3 is 0 Å². The van der Waals surface area contributed by atoms with Crippen LogP contribution < -0.4 is 0 Å². The minimum absolute atomic E-state index is 0.138. The van der Waals surface area contributed by atoms with Crippen molar-refractivity contribution in [2.75, 3.05) is 0 Å². The molecule has 220 valence electrons. The predicted octanol–water partition coefficient (Wildman–Crippen LogP) is 11.9. The fourth-order valence-corrected chi connectivity index (χ4v) is 8.37. The molecule has 40 heavy (non-hydrogen) atoms. The van der Waals surface area contributed by atoms with Crippen molar-refractivity contribution >= 4 is 0 Å². The number of hydrogen-bond acceptors (Lipinski definition) is 0. The number of hydrogen-bond donors (Lipinski definition) is 0. The molecule has 0 nitrogen and oxygen atoms in total. The van der Waals surface area contributed by atoms with Gasteiger partial charge in [0.2, 0.25) is 0 Å². The molecule has 5 rings (SSSR count). The van der Waals surface area contributed by atoms with Crippen LogP contribution in [0.4, 0.5) is 17.6 Å². The molecule has 0 aromatic heterocycles. The summed E-state index contributed by atoms with van der Waals surface area (Å²) in [4.78, 5) is 0. The summed E-state index contributed by atoms with van der Waals surface area (Å²) in [7, 11) is 0. The number of halogens is 4. The standard InChI is InChI=1S/C36H48F4/c1-2-3-4-5-25-6-8-26(9-7-25)27-10-12-28(13-11-27)29-14-16-30(17-15-29)31-18-20-32(21-19-31)33-22-23-34(35(37)24-33)36(38,39)40/h14-17,22-28,31-32H,2-13,18-21H2,1H3. The lowest BCUT2D eigenvalue weighted by molar-refractivity contribution is -0.140. The average molecular weight is 557 g/mol. The van der Waals surface area contributed by atoms with Crippen molar-refractivity contribution < 1.29 is 17.6 Å². The zero-order chi connectivity index (χ0) is 28.1. The van der Waals surface area contributed by atoms with Crippen LogP contribution >= 0.6 is 0 Å². The molecule has 0 bridgehead atoms. The number of alkyl halides is 3. The van der Waals surface area contributed by atoms with Gasteiger partial charge in [0.05, 0.1) is 5.56 Å². The van der Waals surface area contributed by atoms with E-state index in [0.29, 0.717) is 17.4 Å². The largest absolute Gasteiger partial charge is 0.419 e. The van der Waals surface area contributed by atoms with Gasteiger partial charge in [0.1, 0.15) is 5.82 Å². The molecule has 0 unspecified atom stereocenters. The van der Waals surface area contributed by atoms with Gasteiger partial charge in [0.15, 0.2) is 0 Å². The molecule has 3 fully saturated rings. The van der Waals surface area contributed by atoms with E-state index in [1.54, 1.807) is 0 Å². The van der Waals surface area contributed by atoms with Crippen LogP contribution in [-0.4, -0.2) is 0 Å². The highest BCUT2D eigenvalue weighted by molar-refractivity contribution is 5.31. The zero-order valence-electron chi connectivity index (χ0n) is 24.3. The SMILES string of the molecule is CCCCCC1CCC(C2CCC(c3ccc(C4CCC(c5ccc(C(F)(F)F)c(F)c5)CC4)cc3)CC2)CC1. The molecule has 0 amide bonds. The van der Waals surface area contributed by atoms with Crippen LogP contribution in [0.3, 0.4) is 0 Å². The third-order valence-electron chi connectivity index (χ3n) is 10.9. The topological polar surface area (TPSA) is 0 Å². The van der Waals surface area contributed by atoms with E-state index in [-0.39, 0.29) is 5.92 Å². The summed E-state index contributed by atoms with van der Waals surface area (Å²) in [6.07, 6.45) is 16.1. The smallest absolute Gasteiger partial charge is 0.206 e. The van der Waals surface area contributed by atoms with Crippen LogP contribution in [0.15, 0.2) is 42.5 Å². The van der Waals surface area contributed by atoms with Crippen LogP contribution in [0, 0.1) is 23.6 Å². The predicted molar refractivity (Wildman–Crippen MR) is 156 cm³/mol. The highest BCUT2D eigenvalue weighted by Crippen LogP contribution is 2.46. The molecule has 0 saturated heterocycles. The molecule has 2 aromatic rings. The van der Waals surface area contributed by atoms with Gasteiger partial charge in [-0.15, -0.1) is 0 Å². The van der Waals surface area contributed by atoms with Gasteiger partial charge in [0.25, 0.3) is 0 Å². The van der Waals surface area contributed by atoms with Crippen molar-refractivity contribution in [2.45, 2.75) is 134 Å². The molecule has 0 atom stereocenters. The molecule has 2 aromatic carbocycles. The van der Waals surface area contributed by atoms with Gasteiger partial charge in [-0.2, -0.15) is 13.2 Å². The second-order valence-corrected chi connectivity index (χ2v) is 13.3. The minimum atomic E-state index is -4.64. The maximum Gasteiger partial charge on any atom is 0.419 e. The minimum Gasteiger partial charge on any atom is -0.206 e. The van der Waals surface area contributed by atoms with Crippen LogP contribution in [0.2, 0.25) is 0 Å². The second kappa shape index (κ2) is 13.4. The lowest BCUT2D eigenvalue weighted by atomic mass is 9.68. The van der Waals surface area contributed by atoms with Gasteiger partial charge in [-0.1, -0.05) is 75.8 Å². The van der Waals surface area contributed by atoms with Crippen LogP contribution in [-0.2, 0) is 6.18 Å². The monoisotopic (exact) mass is 556 g/mol. The van der Waals surface area contributed by atoms with E-state index in [2.05, 4.69) is 31.2 Å². The number of benzene rings is 2. The van der Waals surface area contributed by atoms with Gasteiger partial charge in [0, 0.05) is 0 Å². The maximum atomic E-state index is 14.1. The van der Waals surface area contributed by atoms with E-state index in [4.69, 9.17) is 0 Å². The first kappa shape index (κ1) is 29.6. The van der Waals surface area contributed by atoms with Gasteiger partial charge in [-0.25, -0.2) is 4.39 Å². The summed E-state index contributed by atoms with van der Waals surface area (Å²) in [6, 6.07) is 12.9. The molecule has 0 N–H and O–H groups in total. The maximum absolute atomic E-state index is 14.1. The Bertz CT molecular complexity index is 1050. The summed E-state index contributed by atoms with van der Waals surface area (Å²) < 4.78 is 52.8. The first-order valence-corrected chi connectivity index (χ1v) is 16.3. The average Bonchev–Trinajstić information content (AvgIpc) is 2.97. The van der Waals surface area contributed by atoms with Crippen LogP contribution in [0.25, 0.3) is 0 Å². The van der Waals surface area contributed by atoms with E-state index < -0.39 is 17.6 Å². The fraction of sp³-hybridized carbons (Fsp3) is 0.667. The van der Waals surface area contributed by atoms with Gasteiger partial charge >= 0.3 is 6.18 Å². The second-order valence-electron chi connectivity index (χ2n) is 13.3. The molecular weight excluding hydrogens is 508 g/mol. The van der Waals surface area contributed by atoms with Crippen molar-refractivity contribution in [1.29, 1.82) is 0 Å². The normalized spacial score (nSPS) is 29.8. The molecular formula is C36H48F4. The fourth-order valence-electron chi connectivity index (χ4n) is 8.37. The van der Waals surface area contributed by atoms with Crippen molar-refractivity contribution in [2.24, 2.45) is 17.8 Å². The molecule has 3 saturated carbocycles. The van der Waals surface area contributed by atoms with Crippen molar-refractivity contribution in [3.05, 3.63) is 70.5 Å². The number of rotatable bonds is 8. The number of unbranched alkanes of at least 4 members (excludes halogenated alkanes) is 2. The van der Waals surface area contributed by atoms with Crippen molar-refractivity contribution in [1.82, 2.24) is 0 Å². The Balaban J connectivity index is 1.06. The van der Waals surface area contributed by atoms with E-state index in [0.717, 1.165) is 55.6 Å². The summed E-state index contributed by atoms with van der Waals surface area (Å²) in [5.74, 6) is 3.08. The van der Waals surface area contributed by atoms with Crippen LogP contribution in [0.5, 0.6) is 0 Å². The van der Waals surface area contributed by atoms with Crippen LogP contribution in [0.1, 0.15) is 150 Å². The molecule has 0 radical (unpaired) electrons. The molecule has 0 heterocycles. The first-order chi connectivity index (χ1) is 19.3. The molecule has 3 aliphatic rings. The van der Waals surface area contributed by atoms with Crippen molar-refractivity contribution in [3.8, 4) is 0 Å². The zero-order valence-corrected chi connectivity index (χ0v) is 24.3. The third kappa shape index (κ3) is 7.32. The third-order valence-corrected chi connectivity index (χ3v) is 10.9. The van der Waals surface area contributed by atoms with Gasteiger partial charge in [-0.05, 0) is 129 Å². The molecule has 4 heteroatoms. The summed E-state index contributed by atoms with van der Waals surface area (Å²) in [5, 5.41) is 0. The Morgan fingerprint density at radius 1 is 0.600 bits per heavy atom. The van der Waals surface area contributed by atoms with Gasteiger partial charge in [-0.3, -0.25) is 0 Å². The van der Waals surface area contributed by atoms with Crippen molar-refractivity contribution in [3.63, 3.8) is 0 Å². The van der Waals surface area contributed by atoms with E-state index >= 15 is 0 Å². The highest BCUT2D eigenvalue weighted by atomic mass is 19.4. The molecule has 0 spiro atoms. The van der Waals surface area contributed by atoms with E-state index in [9.17, 15) is 17.6 Å². The Morgan fingerprint density at radius 2 is 1.05 bits per heavy atom. The quantitative estimate of drug-likeness (QED) is 0.224. The lowest BCUT2D eigenvalue weighted by Gasteiger charge is -2.38. The Kier molecular flexibility index (Phi) is 9.95. The Morgan fingerprint density at radius 3 is 1.52 bits per heavy atom. The summed E-state index contributed by atoms with van der Waals surface area (Å²) >= 11 is 0. The molecule has 3 aliphatic carbocycles. The van der Waals surface area contributed by atoms with E-state index in [1.807, 2.05) is 0 Å². The highest BCUT2D eigenvalue weighted by Gasteiger charge is 2.35. The summed E-state index contributed by atoms with van der Waals surface area (Å²) in [6.45, 7) is 2.30. The Labute approximate surface area is 239 Å².